The van der Waals surface area contributed by atoms with E-state index in [-0.39, 0.29) is 11.7 Å². The van der Waals surface area contributed by atoms with Crippen molar-refractivity contribution in [2.75, 3.05) is 21.3 Å². The number of aliphatic imine (C=N–C) groups is 1. The molecule has 2 aromatic rings. The maximum Gasteiger partial charge on any atom is 0.336 e. The molecule has 6 heteroatoms. The molecule has 1 aliphatic heterocycles. The number of carbonyl (C=O) groups is 2. The summed E-state index contributed by atoms with van der Waals surface area (Å²) in [5.41, 5.74) is 4.92. The number of Topliss-reactive ketones (excluding diaryl/α,β-unsaturated/α-hetero) is 1. The molecule has 2 aliphatic rings. The van der Waals surface area contributed by atoms with Gasteiger partial charge in [0.1, 0.15) is 5.78 Å². The van der Waals surface area contributed by atoms with Gasteiger partial charge >= 0.3 is 5.97 Å². The number of nitrogens with zero attached hydrogens (tertiary/aromatic N) is 1. The van der Waals surface area contributed by atoms with E-state index in [1.165, 1.54) is 7.11 Å². The van der Waals surface area contributed by atoms with Crippen LogP contribution in [0.25, 0.3) is 0 Å². The Morgan fingerprint density at radius 3 is 2.33 bits per heavy atom. The number of hydrogen-bond donors (Lipinski definition) is 0. The first-order valence-electron chi connectivity index (χ1n) is 11.1. The lowest BCUT2D eigenvalue weighted by Crippen LogP contribution is -2.41. The van der Waals surface area contributed by atoms with Crippen molar-refractivity contribution in [3.05, 3.63) is 70.4 Å². The van der Waals surface area contributed by atoms with Crippen LogP contribution in [0.3, 0.4) is 0 Å². The maximum absolute atomic E-state index is 13.6. The van der Waals surface area contributed by atoms with Crippen LogP contribution in [-0.2, 0) is 14.3 Å². The molecule has 0 amide bonds. The number of ketones is 1. The smallest absolute Gasteiger partial charge is 0.336 e. The molecule has 1 heterocycles. The number of aryl methyl sites for hydroxylation is 1. The highest BCUT2D eigenvalue weighted by Crippen LogP contribution is 2.46. The summed E-state index contributed by atoms with van der Waals surface area (Å²) in [4.78, 5) is 31.1. The summed E-state index contributed by atoms with van der Waals surface area (Å²) in [7, 11) is 4.57. The first-order valence-corrected chi connectivity index (χ1v) is 11.1. The van der Waals surface area contributed by atoms with E-state index < -0.39 is 17.8 Å². The highest BCUT2D eigenvalue weighted by atomic mass is 16.5. The molecule has 1 fully saturated rings. The highest BCUT2D eigenvalue weighted by molar-refractivity contribution is 6.12. The lowest BCUT2D eigenvalue weighted by Gasteiger charge is -2.38. The summed E-state index contributed by atoms with van der Waals surface area (Å²) in [5.74, 6) is 0.0496. The predicted octanol–water partition coefficient (Wildman–Crippen LogP) is 4.76. The Bertz CT molecular complexity index is 1160. The maximum atomic E-state index is 13.6. The van der Waals surface area contributed by atoms with Gasteiger partial charge in [0.2, 0.25) is 0 Å². The van der Waals surface area contributed by atoms with Crippen LogP contribution >= 0.6 is 0 Å². The second kappa shape index (κ2) is 9.22. The zero-order valence-corrected chi connectivity index (χ0v) is 19.7. The molecule has 0 saturated heterocycles. The fraction of sp³-hybridized carbons (Fsp3) is 0.370. The third-order valence-electron chi connectivity index (χ3n) is 6.64. The summed E-state index contributed by atoms with van der Waals surface area (Å²) in [5, 5.41) is 0. The molecule has 0 aromatic heterocycles. The van der Waals surface area contributed by atoms with Gasteiger partial charge in [-0.1, -0.05) is 35.9 Å². The average molecular weight is 448 g/mol. The van der Waals surface area contributed by atoms with Crippen LogP contribution in [0.2, 0.25) is 0 Å². The minimum absolute atomic E-state index is 0.0158. The number of carbonyl (C=O) groups excluding carboxylic acids is 2. The van der Waals surface area contributed by atoms with Crippen LogP contribution in [0.15, 0.2) is 58.7 Å². The van der Waals surface area contributed by atoms with Crippen LogP contribution in [0.1, 0.15) is 48.3 Å². The molecule has 1 unspecified atom stereocenters. The zero-order valence-electron chi connectivity index (χ0n) is 19.7. The second-order valence-electron chi connectivity index (χ2n) is 8.65. The SMILES string of the molecule is COC(=O)C1=C(C)N=C2C[C@@H](c3ccc(OC)c(OC)c3)CC(=O)C2[C@@H]1c1cccc(C)c1. The number of esters is 1. The molecule has 0 radical (unpaired) electrons. The summed E-state index contributed by atoms with van der Waals surface area (Å²) in [6.07, 6.45) is 1.01. The van der Waals surface area contributed by atoms with Crippen molar-refractivity contribution >= 4 is 17.5 Å². The van der Waals surface area contributed by atoms with Gasteiger partial charge in [0.25, 0.3) is 0 Å². The Labute approximate surface area is 194 Å². The van der Waals surface area contributed by atoms with Gasteiger partial charge in [-0.2, -0.15) is 0 Å². The molecular weight excluding hydrogens is 418 g/mol. The summed E-state index contributed by atoms with van der Waals surface area (Å²) in [6.45, 7) is 3.83. The van der Waals surface area contributed by atoms with Crippen molar-refractivity contribution in [3.63, 3.8) is 0 Å². The van der Waals surface area contributed by atoms with Gasteiger partial charge in [-0.05, 0) is 49.4 Å². The molecule has 3 atom stereocenters. The number of hydrogen-bond acceptors (Lipinski definition) is 6. The lowest BCUT2D eigenvalue weighted by atomic mass is 9.66. The fourth-order valence-corrected chi connectivity index (χ4v) is 5.12. The van der Waals surface area contributed by atoms with Gasteiger partial charge in [0, 0.05) is 23.7 Å². The molecule has 0 spiro atoms. The van der Waals surface area contributed by atoms with Crippen LogP contribution < -0.4 is 9.47 Å². The van der Waals surface area contributed by atoms with E-state index in [0.29, 0.717) is 35.6 Å². The third kappa shape index (κ3) is 4.17. The Kier molecular flexibility index (Phi) is 6.36. The van der Waals surface area contributed by atoms with E-state index in [1.807, 2.05) is 56.3 Å². The Balaban J connectivity index is 1.77. The predicted molar refractivity (Wildman–Crippen MR) is 126 cm³/mol. The quantitative estimate of drug-likeness (QED) is 0.618. The molecule has 4 rings (SSSR count). The first kappa shape index (κ1) is 22.8. The van der Waals surface area contributed by atoms with E-state index in [4.69, 9.17) is 19.2 Å². The lowest BCUT2D eigenvalue weighted by molar-refractivity contribution is -0.136. The third-order valence-corrected chi connectivity index (χ3v) is 6.64. The van der Waals surface area contributed by atoms with Gasteiger partial charge in [0.05, 0.1) is 32.8 Å². The highest BCUT2D eigenvalue weighted by Gasteiger charge is 2.46. The van der Waals surface area contributed by atoms with Gasteiger partial charge in [-0.15, -0.1) is 0 Å². The van der Waals surface area contributed by atoms with Crippen LogP contribution in [0.4, 0.5) is 0 Å². The second-order valence-corrected chi connectivity index (χ2v) is 8.65. The van der Waals surface area contributed by atoms with Crippen molar-refractivity contribution in [1.82, 2.24) is 0 Å². The normalized spacial score (nSPS) is 22.4. The van der Waals surface area contributed by atoms with E-state index >= 15 is 0 Å². The molecule has 33 heavy (non-hydrogen) atoms. The van der Waals surface area contributed by atoms with Gasteiger partial charge in [-0.3, -0.25) is 9.79 Å². The fourth-order valence-electron chi connectivity index (χ4n) is 5.12. The van der Waals surface area contributed by atoms with E-state index in [1.54, 1.807) is 14.2 Å². The van der Waals surface area contributed by atoms with Crippen LogP contribution in [-0.4, -0.2) is 38.8 Å². The molecule has 6 nitrogen and oxygen atoms in total. The summed E-state index contributed by atoms with van der Waals surface area (Å²) in [6, 6.07) is 13.8. The van der Waals surface area contributed by atoms with Crippen LogP contribution in [0.5, 0.6) is 11.5 Å². The van der Waals surface area contributed by atoms with E-state index in [2.05, 4.69) is 0 Å². The Morgan fingerprint density at radius 1 is 0.909 bits per heavy atom. The van der Waals surface area contributed by atoms with Crippen molar-refractivity contribution in [2.24, 2.45) is 10.9 Å². The Hall–Kier alpha value is -3.41. The standard InChI is InChI=1S/C27H29NO5/c1-15-7-6-8-18(11-15)25-24(27(30)33-5)16(2)28-20-12-19(13-21(29)26(20)25)17-9-10-22(31-3)23(14-17)32-4/h6-11,14,19,25-26H,12-13H2,1-5H3/t19-,25-,26?/m1/s1. The van der Waals surface area contributed by atoms with Crippen molar-refractivity contribution in [3.8, 4) is 11.5 Å². The largest absolute Gasteiger partial charge is 0.493 e. The molecule has 2 aromatic carbocycles. The zero-order chi connectivity index (χ0) is 23.7. The molecule has 172 valence electrons. The molecular formula is C27H29NO5. The molecule has 1 aliphatic carbocycles. The van der Waals surface area contributed by atoms with Crippen molar-refractivity contribution in [2.45, 2.75) is 38.5 Å². The minimum atomic E-state index is -0.471. The molecule has 1 saturated carbocycles. The van der Waals surface area contributed by atoms with Gasteiger partial charge < -0.3 is 14.2 Å². The van der Waals surface area contributed by atoms with E-state index in [0.717, 1.165) is 22.4 Å². The minimum Gasteiger partial charge on any atom is -0.493 e. The van der Waals surface area contributed by atoms with Gasteiger partial charge in [0.15, 0.2) is 11.5 Å². The van der Waals surface area contributed by atoms with Crippen molar-refractivity contribution < 1.29 is 23.8 Å². The number of ether oxygens (including phenoxy) is 3. The van der Waals surface area contributed by atoms with Crippen LogP contribution in [0, 0.1) is 12.8 Å². The summed E-state index contributed by atoms with van der Waals surface area (Å²) < 4.78 is 15.9. The number of fused-ring (bicyclic) bond motifs is 1. The molecule has 0 N–H and O–H groups in total. The molecule has 0 bridgehead atoms. The summed E-state index contributed by atoms with van der Waals surface area (Å²) >= 11 is 0. The number of allylic oxidation sites excluding steroid dienone is 1. The topological polar surface area (TPSA) is 74.2 Å². The van der Waals surface area contributed by atoms with Gasteiger partial charge in [-0.25, -0.2) is 4.79 Å². The van der Waals surface area contributed by atoms with Crippen molar-refractivity contribution in [1.29, 1.82) is 0 Å². The number of rotatable bonds is 5. The Morgan fingerprint density at radius 2 is 1.67 bits per heavy atom. The average Bonchev–Trinajstić information content (AvgIpc) is 2.82. The number of benzene rings is 2. The first-order chi connectivity index (χ1) is 15.9. The van der Waals surface area contributed by atoms with E-state index in [9.17, 15) is 9.59 Å². The monoisotopic (exact) mass is 447 g/mol. The number of methoxy groups -OCH3 is 3.